The predicted octanol–water partition coefficient (Wildman–Crippen LogP) is 4.18. The largest absolute Gasteiger partial charge is 0.497 e. The van der Waals surface area contributed by atoms with Gasteiger partial charge in [-0.05, 0) is 71.6 Å². The maximum Gasteiger partial charge on any atom is 0.137 e. The number of rotatable bonds is 1. The van der Waals surface area contributed by atoms with E-state index >= 15 is 0 Å². The fraction of sp³-hybridized carbons (Fsp3) is 0.235. The lowest BCUT2D eigenvalue weighted by atomic mass is 9.92. The van der Waals surface area contributed by atoms with Gasteiger partial charge in [0.1, 0.15) is 11.4 Å². The first-order valence-electron chi connectivity index (χ1n) is 7.03. The molecule has 0 radical (unpaired) electrons. The highest BCUT2D eigenvalue weighted by molar-refractivity contribution is 9.10. The summed E-state index contributed by atoms with van der Waals surface area (Å²) in [6.45, 7) is 2.13. The molecular formula is C17H15BrN2O. The Kier molecular flexibility index (Phi) is 2.82. The molecule has 0 unspecified atom stereocenters. The number of imidazole rings is 1. The van der Waals surface area contributed by atoms with Gasteiger partial charge in [-0.25, -0.2) is 4.98 Å². The first kappa shape index (κ1) is 12.9. The minimum atomic E-state index is 0.917. The van der Waals surface area contributed by atoms with Gasteiger partial charge in [-0.3, -0.25) is 4.40 Å². The number of benzene rings is 1. The van der Waals surface area contributed by atoms with E-state index in [1.165, 1.54) is 22.5 Å². The molecule has 4 rings (SSSR count). The molecule has 3 nitrogen and oxygen atoms in total. The van der Waals surface area contributed by atoms with E-state index in [0.717, 1.165) is 34.4 Å². The topological polar surface area (TPSA) is 26.5 Å². The van der Waals surface area contributed by atoms with Crippen molar-refractivity contribution in [3.63, 3.8) is 0 Å². The molecule has 0 bridgehead atoms. The third-order valence-corrected chi connectivity index (χ3v) is 5.10. The smallest absolute Gasteiger partial charge is 0.137 e. The maximum absolute atomic E-state index is 5.33. The minimum Gasteiger partial charge on any atom is -0.497 e. The summed E-state index contributed by atoms with van der Waals surface area (Å²) in [5.41, 5.74) is 7.20. The summed E-state index contributed by atoms with van der Waals surface area (Å²) in [6.07, 6.45) is 2.03. The molecule has 2 heterocycles. The second-order valence-corrected chi connectivity index (χ2v) is 6.24. The number of hydrogen-bond donors (Lipinski definition) is 0. The second kappa shape index (κ2) is 4.60. The van der Waals surface area contributed by atoms with E-state index in [4.69, 9.17) is 9.72 Å². The van der Waals surface area contributed by atoms with Crippen molar-refractivity contribution in [3.8, 4) is 17.0 Å². The Morgan fingerprint density at radius 2 is 2.05 bits per heavy atom. The lowest BCUT2D eigenvalue weighted by Crippen LogP contribution is -2.07. The summed E-state index contributed by atoms with van der Waals surface area (Å²) in [7, 11) is 1.71. The number of ether oxygens (including phenoxy) is 1. The lowest BCUT2D eigenvalue weighted by Gasteiger charge is -2.17. The average molecular weight is 343 g/mol. The van der Waals surface area contributed by atoms with Gasteiger partial charge in [0.2, 0.25) is 0 Å². The van der Waals surface area contributed by atoms with E-state index in [1.807, 2.05) is 6.07 Å². The number of pyridine rings is 1. The van der Waals surface area contributed by atoms with Crippen LogP contribution in [0.1, 0.15) is 17.0 Å². The van der Waals surface area contributed by atoms with E-state index in [9.17, 15) is 0 Å². The highest BCUT2D eigenvalue weighted by Gasteiger charge is 2.23. The molecule has 3 aromatic rings. The first-order valence-corrected chi connectivity index (χ1v) is 7.82. The van der Waals surface area contributed by atoms with Gasteiger partial charge in [-0.2, -0.15) is 0 Å². The molecule has 2 aromatic heterocycles. The third-order valence-electron chi connectivity index (χ3n) is 4.26. The lowest BCUT2D eigenvalue weighted by molar-refractivity contribution is 0.414. The van der Waals surface area contributed by atoms with E-state index in [-0.39, 0.29) is 0 Å². The predicted molar refractivity (Wildman–Crippen MR) is 87.0 cm³/mol. The quantitative estimate of drug-likeness (QED) is 0.663. The van der Waals surface area contributed by atoms with Gasteiger partial charge >= 0.3 is 0 Å². The zero-order valence-electron chi connectivity index (χ0n) is 12.0. The van der Waals surface area contributed by atoms with E-state index in [0.29, 0.717) is 0 Å². The highest BCUT2D eigenvalue weighted by Crippen LogP contribution is 2.36. The summed E-state index contributed by atoms with van der Waals surface area (Å²) in [5, 5.41) is 0. The summed E-state index contributed by atoms with van der Waals surface area (Å²) in [4.78, 5) is 4.85. The van der Waals surface area contributed by atoms with Gasteiger partial charge in [0.25, 0.3) is 0 Å². The Morgan fingerprint density at radius 3 is 2.86 bits per heavy atom. The van der Waals surface area contributed by atoms with Crippen molar-refractivity contribution in [2.75, 3.05) is 7.11 Å². The molecule has 0 saturated heterocycles. The van der Waals surface area contributed by atoms with Crippen LogP contribution >= 0.6 is 15.9 Å². The monoisotopic (exact) mass is 342 g/mol. The highest BCUT2D eigenvalue weighted by atomic mass is 79.9. The van der Waals surface area contributed by atoms with Crippen LogP contribution in [0.25, 0.3) is 16.9 Å². The third kappa shape index (κ3) is 1.82. The number of methoxy groups -OCH3 is 1. The van der Waals surface area contributed by atoms with Crippen molar-refractivity contribution in [1.29, 1.82) is 0 Å². The molecule has 21 heavy (non-hydrogen) atoms. The molecule has 4 heteroatoms. The summed E-state index contributed by atoms with van der Waals surface area (Å²) < 4.78 is 8.72. The van der Waals surface area contributed by atoms with E-state index < -0.39 is 0 Å². The van der Waals surface area contributed by atoms with Crippen molar-refractivity contribution in [2.45, 2.75) is 19.8 Å². The first-order chi connectivity index (χ1) is 10.2. The van der Waals surface area contributed by atoms with Crippen LogP contribution in [0.4, 0.5) is 0 Å². The Morgan fingerprint density at radius 1 is 1.19 bits per heavy atom. The van der Waals surface area contributed by atoms with Crippen LogP contribution in [0.15, 0.2) is 34.8 Å². The summed E-state index contributed by atoms with van der Waals surface area (Å²) in [6, 6.07) is 10.4. The Balaban J connectivity index is 2.01. The van der Waals surface area contributed by atoms with Gasteiger partial charge in [0.05, 0.1) is 18.5 Å². The molecule has 0 saturated carbocycles. The molecule has 0 fully saturated rings. The molecule has 1 aliphatic carbocycles. The van der Waals surface area contributed by atoms with Crippen LogP contribution < -0.4 is 4.74 Å². The molecule has 0 amide bonds. The fourth-order valence-electron chi connectivity index (χ4n) is 3.17. The molecule has 0 spiro atoms. The van der Waals surface area contributed by atoms with Gasteiger partial charge in [0, 0.05) is 15.7 Å². The van der Waals surface area contributed by atoms with Crippen LogP contribution in [-0.4, -0.2) is 16.5 Å². The number of halogens is 1. The number of nitrogens with zero attached hydrogens (tertiary/aromatic N) is 2. The van der Waals surface area contributed by atoms with Crippen molar-refractivity contribution in [2.24, 2.45) is 0 Å². The van der Waals surface area contributed by atoms with Crippen LogP contribution in [0.5, 0.6) is 5.75 Å². The van der Waals surface area contributed by atoms with Gasteiger partial charge < -0.3 is 4.74 Å². The van der Waals surface area contributed by atoms with E-state index in [1.54, 1.807) is 7.11 Å². The number of fused-ring (bicyclic) bond motifs is 5. The Labute approximate surface area is 131 Å². The van der Waals surface area contributed by atoms with Crippen molar-refractivity contribution < 1.29 is 4.74 Å². The average Bonchev–Trinajstić information content (AvgIpc) is 2.89. The summed E-state index contributed by atoms with van der Waals surface area (Å²) in [5.74, 6) is 0.917. The van der Waals surface area contributed by atoms with Crippen molar-refractivity contribution >= 4 is 21.6 Å². The van der Waals surface area contributed by atoms with Crippen LogP contribution in [-0.2, 0) is 12.8 Å². The molecule has 0 aliphatic heterocycles. The number of hydrogen-bond acceptors (Lipinski definition) is 2. The molecule has 1 aromatic carbocycles. The molecule has 106 valence electrons. The second-order valence-electron chi connectivity index (χ2n) is 5.39. The fourth-order valence-corrected chi connectivity index (χ4v) is 3.48. The van der Waals surface area contributed by atoms with Gasteiger partial charge in [-0.15, -0.1) is 0 Å². The SMILES string of the molecule is COc1ccc2c(c1)CCc1c-2nc2ccc(Br)c(C)n12. The normalized spacial score (nSPS) is 13.1. The number of aryl methyl sites for hydroxylation is 3. The van der Waals surface area contributed by atoms with Crippen LogP contribution in [0, 0.1) is 6.92 Å². The van der Waals surface area contributed by atoms with Crippen molar-refractivity contribution in [3.05, 3.63) is 51.8 Å². The Hall–Kier alpha value is -1.81. The molecule has 0 atom stereocenters. The molecule has 1 aliphatic rings. The van der Waals surface area contributed by atoms with Gasteiger partial charge in [0.15, 0.2) is 0 Å². The Bertz CT molecular complexity index is 867. The minimum absolute atomic E-state index is 0.917. The zero-order valence-corrected chi connectivity index (χ0v) is 13.6. The van der Waals surface area contributed by atoms with Crippen LogP contribution in [0.2, 0.25) is 0 Å². The molecule has 0 N–H and O–H groups in total. The van der Waals surface area contributed by atoms with Crippen LogP contribution in [0.3, 0.4) is 0 Å². The molecular weight excluding hydrogens is 328 g/mol. The number of aromatic nitrogens is 2. The summed E-state index contributed by atoms with van der Waals surface area (Å²) >= 11 is 3.61. The maximum atomic E-state index is 5.33. The standard InChI is InChI=1S/C17H15BrN2O/c1-10-14(18)6-8-16-19-17-13-5-4-12(21-2)9-11(13)3-7-15(17)20(10)16/h4-6,8-9H,3,7H2,1-2H3. The van der Waals surface area contributed by atoms with Crippen molar-refractivity contribution in [1.82, 2.24) is 9.38 Å². The van der Waals surface area contributed by atoms with Gasteiger partial charge in [-0.1, -0.05) is 0 Å². The van der Waals surface area contributed by atoms with E-state index in [2.05, 4.69) is 51.5 Å². The zero-order chi connectivity index (χ0) is 14.6.